The lowest BCUT2D eigenvalue weighted by Gasteiger charge is -2.08. The molecule has 0 unspecified atom stereocenters. The van der Waals surface area contributed by atoms with Crippen molar-refractivity contribution in [2.24, 2.45) is 7.05 Å². The molecule has 0 amide bonds. The molecule has 2 aromatic rings. The summed E-state index contributed by atoms with van der Waals surface area (Å²) < 4.78 is 28.8. The van der Waals surface area contributed by atoms with Crippen LogP contribution in [0.1, 0.15) is 11.4 Å². The molecule has 0 aliphatic rings. The minimum Gasteiger partial charge on any atom is -0.352 e. The predicted octanol–water partition coefficient (Wildman–Crippen LogP) is 2.51. The van der Waals surface area contributed by atoms with E-state index in [1.54, 1.807) is 12.1 Å². The van der Waals surface area contributed by atoms with Gasteiger partial charge < -0.3 is 4.57 Å². The molecule has 0 fully saturated rings. The summed E-state index contributed by atoms with van der Waals surface area (Å²) in [5.41, 5.74) is 2.25. The van der Waals surface area contributed by atoms with E-state index in [0.29, 0.717) is 18.0 Å². The molecule has 4 nitrogen and oxygen atoms in total. The van der Waals surface area contributed by atoms with E-state index in [1.165, 1.54) is 12.1 Å². The largest absolute Gasteiger partial charge is 0.352 e. The van der Waals surface area contributed by atoms with E-state index in [1.807, 2.05) is 26.1 Å². The van der Waals surface area contributed by atoms with E-state index < -0.39 is 10.0 Å². The summed E-state index contributed by atoms with van der Waals surface area (Å²) in [4.78, 5) is 0.227. The SMILES string of the molecule is Cc1ccc(CCNS(=O)(=O)c2ccc(Cl)cc2)n1C. The van der Waals surface area contributed by atoms with E-state index in [9.17, 15) is 8.42 Å². The molecule has 2 rings (SSSR count). The molecule has 1 aromatic carbocycles. The first-order chi connectivity index (χ1) is 9.40. The third kappa shape index (κ3) is 3.42. The number of aromatic nitrogens is 1. The van der Waals surface area contributed by atoms with Crippen LogP contribution in [0, 0.1) is 6.92 Å². The summed E-state index contributed by atoms with van der Waals surface area (Å²) in [5.74, 6) is 0. The van der Waals surface area contributed by atoms with Crippen LogP contribution in [0.2, 0.25) is 5.02 Å². The standard InChI is InChI=1S/C14H17ClN2O2S/c1-11-3-6-13(17(11)2)9-10-16-20(18,19)14-7-4-12(15)5-8-14/h3-8,16H,9-10H2,1-2H3. The smallest absolute Gasteiger partial charge is 0.240 e. The third-order valence-corrected chi connectivity index (χ3v) is 5.00. The zero-order valence-corrected chi connectivity index (χ0v) is 13.0. The van der Waals surface area contributed by atoms with Gasteiger partial charge in [-0.1, -0.05) is 11.6 Å². The molecule has 1 N–H and O–H groups in total. The Kier molecular flexibility index (Phi) is 4.52. The highest BCUT2D eigenvalue weighted by molar-refractivity contribution is 7.89. The van der Waals surface area contributed by atoms with Gasteiger partial charge >= 0.3 is 0 Å². The lowest BCUT2D eigenvalue weighted by atomic mass is 10.3. The second-order valence-corrected chi connectivity index (χ2v) is 6.83. The Morgan fingerprint density at radius 3 is 2.35 bits per heavy atom. The van der Waals surface area contributed by atoms with Gasteiger partial charge in [-0.3, -0.25) is 0 Å². The van der Waals surface area contributed by atoms with Crippen LogP contribution in [0.3, 0.4) is 0 Å². The van der Waals surface area contributed by atoms with Crippen LogP contribution in [-0.2, 0) is 23.5 Å². The summed E-state index contributed by atoms with van der Waals surface area (Å²) >= 11 is 5.75. The summed E-state index contributed by atoms with van der Waals surface area (Å²) in [7, 11) is -1.50. The summed E-state index contributed by atoms with van der Waals surface area (Å²) in [6.45, 7) is 2.38. The fourth-order valence-corrected chi connectivity index (χ4v) is 3.09. The predicted molar refractivity (Wildman–Crippen MR) is 80.5 cm³/mol. The van der Waals surface area contributed by atoms with Crippen LogP contribution in [0.4, 0.5) is 0 Å². The number of nitrogens with zero attached hydrogens (tertiary/aromatic N) is 1. The Labute approximate surface area is 124 Å². The maximum absolute atomic E-state index is 12.1. The fraction of sp³-hybridized carbons (Fsp3) is 0.286. The molecule has 1 heterocycles. The van der Waals surface area contributed by atoms with E-state index in [-0.39, 0.29) is 4.90 Å². The van der Waals surface area contributed by atoms with Gasteiger partial charge in [-0.15, -0.1) is 0 Å². The van der Waals surface area contributed by atoms with Crippen molar-refractivity contribution in [2.45, 2.75) is 18.2 Å². The van der Waals surface area contributed by atoms with Crippen molar-refractivity contribution < 1.29 is 8.42 Å². The molecule has 0 bridgehead atoms. The molecular formula is C14H17ClN2O2S. The third-order valence-electron chi connectivity index (χ3n) is 3.27. The van der Waals surface area contributed by atoms with Gasteiger partial charge in [0.05, 0.1) is 4.90 Å². The van der Waals surface area contributed by atoms with Crippen LogP contribution >= 0.6 is 11.6 Å². The second-order valence-electron chi connectivity index (χ2n) is 4.63. The van der Waals surface area contributed by atoms with Crippen molar-refractivity contribution in [3.63, 3.8) is 0 Å². The number of halogens is 1. The highest BCUT2D eigenvalue weighted by Gasteiger charge is 2.13. The Hall–Kier alpha value is -1.30. The summed E-state index contributed by atoms with van der Waals surface area (Å²) in [5, 5.41) is 0.517. The molecule has 0 radical (unpaired) electrons. The topological polar surface area (TPSA) is 51.1 Å². The van der Waals surface area contributed by atoms with Crippen LogP contribution in [0.15, 0.2) is 41.3 Å². The number of sulfonamides is 1. The molecule has 0 aliphatic heterocycles. The monoisotopic (exact) mass is 312 g/mol. The molecule has 0 aliphatic carbocycles. The normalized spacial score (nSPS) is 11.8. The Morgan fingerprint density at radius 2 is 1.80 bits per heavy atom. The average molecular weight is 313 g/mol. The lowest BCUT2D eigenvalue weighted by molar-refractivity contribution is 0.580. The number of benzene rings is 1. The van der Waals surface area contributed by atoms with Crippen molar-refractivity contribution in [2.75, 3.05) is 6.54 Å². The van der Waals surface area contributed by atoms with Gasteiger partial charge in [0, 0.05) is 36.4 Å². The number of hydrogen-bond acceptors (Lipinski definition) is 2. The van der Waals surface area contributed by atoms with Gasteiger partial charge in [-0.05, 0) is 43.3 Å². The van der Waals surface area contributed by atoms with Crippen LogP contribution in [0.25, 0.3) is 0 Å². The zero-order chi connectivity index (χ0) is 14.8. The van der Waals surface area contributed by atoms with E-state index >= 15 is 0 Å². The van der Waals surface area contributed by atoms with E-state index in [4.69, 9.17) is 11.6 Å². The quantitative estimate of drug-likeness (QED) is 0.922. The van der Waals surface area contributed by atoms with Gasteiger partial charge in [-0.2, -0.15) is 0 Å². The Bertz CT molecular complexity index is 690. The molecule has 0 atom stereocenters. The second kappa shape index (κ2) is 5.99. The average Bonchev–Trinajstić information content (AvgIpc) is 2.71. The molecule has 0 saturated heterocycles. The van der Waals surface area contributed by atoms with Gasteiger partial charge in [0.2, 0.25) is 10.0 Å². The van der Waals surface area contributed by atoms with Crippen molar-refractivity contribution in [1.82, 2.24) is 9.29 Å². The van der Waals surface area contributed by atoms with Gasteiger partial charge in [0.25, 0.3) is 0 Å². The maximum Gasteiger partial charge on any atom is 0.240 e. The molecule has 108 valence electrons. The first-order valence-electron chi connectivity index (χ1n) is 6.26. The van der Waals surface area contributed by atoms with Crippen molar-refractivity contribution in [3.05, 3.63) is 52.8 Å². The number of hydrogen-bond donors (Lipinski definition) is 1. The van der Waals surface area contributed by atoms with Crippen molar-refractivity contribution in [3.8, 4) is 0 Å². The molecular weight excluding hydrogens is 296 g/mol. The maximum atomic E-state index is 12.1. The minimum absolute atomic E-state index is 0.227. The van der Waals surface area contributed by atoms with E-state index in [0.717, 1.165) is 11.4 Å². The molecule has 0 spiro atoms. The molecule has 6 heteroatoms. The van der Waals surface area contributed by atoms with Crippen LogP contribution < -0.4 is 4.72 Å². The highest BCUT2D eigenvalue weighted by Crippen LogP contribution is 2.14. The minimum atomic E-state index is -3.47. The molecule has 1 aromatic heterocycles. The van der Waals surface area contributed by atoms with Crippen LogP contribution in [-0.4, -0.2) is 19.5 Å². The first kappa shape index (κ1) is 15.1. The zero-order valence-electron chi connectivity index (χ0n) is 11.4. The number of aryl methyl sites for hydroxylation is 1. The summed E-state index contributed by atoms with van der Waals surface area (Å²) in [6.07, 6.45) is 0.650. The number of rotatable bonds is 5. The Morgan fingerprint density at radius 1 is 1.15 bits per heavy atom. The van der Waals surface area contributed by atoms with Gasteiger partial charge in [0.1, 0.15) is 0 Å². The highest BCUT2D eigenvalue weighted by atomic mass is 35.5. The first-order valence-corrected chi connectivity index (χ1v) is 8.13. The van der Waals surface area contributed by atoms with Crippen molar-refractivity contribution in [1.29, 1.82) is 0 Å². The molecule has 20 heavy (non-hydrogen) atoms. The van der Waals surface area contributed by atoms with Gasteiger partial charge in [0.15, 0.2) is 0 Å². The Balaban J connectivity index is 1.99. The van der Waals surface area contributed by atoms with E-state index in [2.05, 4.69) is 9.29 Å². The van der Waals surface area contributed by atoms with Crippen molar-refractivity contribution >= 4 is 21.6 Å². The van der Waals surface area contributed by atoms with Crippen LogP contribution in [0.5, 0.6) is 0 Å². The lowest BCUT2D eigenvalue weighted by Crippen LogP contribution is -2.26. The molecule has 0 saturated carbocycles. The summed E-state index contributed by atoms with van der Waals surface area (Å²) in [6, 6.07) is 10.1. The fourth-order valence-electron chi connectivity index (χ4n) is 1.93. The van der Waals surface area contributed by atoms with Gasteiger partial charge in [-0.25, -0.2) is 13.1 Å². The number of nitrogens with one attached hydrogen (secondary N) is 1.